The van der Waals surface area contributed by atoms with Crippen molar-refractivity contribution in [3.63, 3.8) is 0 Å². The Bertz CT molecular complexity index is 263. The molecule has 0 N–H and O–H groups in total. The van der Waals surface area contributed by atoms with Crippen LogP contribution in [0.25, 0.3) is 0 Å². The summed E-state index contributed by atoms with van der Waals surface area (Å²) >= 11 is 0. The zero-order valence-electron chi connectivity index (χ0n) is 10.5. The summed E-state index contributed by atoms with van der Waals surface area (Å²) in [6, 6.07) is 0. The van der Waals surface area contributed by atoms with Crippen LogP contribution >= 0.6 is 0 Å². The Balaban J connectivity index is -0.000000218. The number of hydrogen-bond acceptors (Lipinski definition) is 4. The first kappa shape index (κ1) is 21.2. The molecule has 101 valence electrons. The molecule has 0 heterocycles. The zero-order chi connectivity index (χ0) is 13.1. The molecule has 0 aromatic heterocycles. The maximum Gasteiger partial charge on any atom is 2.00 e. The van der Waals surface area contributed by atoms with Crippen LogP contribution in [0.1, 0.15) is 40.5 Å². The number of carbonyl (C=O) groups is 2. The number of rotatable bonds is 4. The van der Waals surface area contributed by atoms with Gasteiger partial charge in [0.25, 0.3) is 0 Å². The molecule has 0 fully saturated rings. The van der Waals surface area contributed by atoms with Crippen molar-refractivity contribution >= 4 is 11.6 Å². The maximum atomic E-state index is 10.3. The Morgan fingerprint density at radius 3 is 1.18 bits per heavy atom. The van der Waals surface area contributed by atoms with E-state index in [0.29, 0.717) is 12.8 Å². The Morgan fingerprint density at radius 1 is 0.882 bits per heavy atom. The third-order valence-corrected chi connectivity index (χ3v) is 1.43. The molecule has 0 atom stereocenters. The average Bonchev–Trinajstić information content (AvgIpc) is 2.16. The predicted octanol–water partition coefficient (Wildman–Crippen LogP) is 0.457. The van der Waals surface area contributed by atoms with E-state index in [0.717, 1.165) is 12.2 Å². The zero-order valence-corrected chi connectivity index (χ0v) is 11.4. The molecule has 0 bridgehead atoms. The van der Waals surface area contributed by atoms with Gasteiger partial charge in [0.1, 0.15) is 0 Å². The molecular weight excluding hydrogens is 272 g/mol. The van der Waals surface area contributed by atoms with E-state index in [4.69, 9.17) is 0 Å². The van der Waals surface area contributed by atoms with Crippen molar-refractivity contribution in [3.8, 4) is 0 Å². The van der Waals surface area contributed by atoms with Gasteiger partial charge in [-0.3, -0.25) is 9.59 Å². The van der Waals surface area contributed by atoms with E-state index in [-0.39, 0.29) is 40.2 Å². The third-order valence-electron chi connectivity index (χ3n) is 1.43. The first-order valence-corrected chi connectivity index (χ1v) is 5.09. The van der Waals surface area contributed by atoms with Crippen LogP contribution in [-0.4, -0.2) is 11.6 Å². The fourth-order valence-electron chi connectivity index (χ4n) is 0.658. The molecule has 1 radical (unpaired) electrons. The van der Waals surface area contributed by atoms with E-state index in [2.05, 4.69) is 0 Å². The molecule has 0 spiro atoms. The van der Waals surface area contributed by atoms with Crippen molar-refractivity contribution in [1.29, 1.82) is 0 Å². The van der Waals surface area contributed by atoms with Crippen LogP contribution in [0.15, 0.2) is 23.7 Å². The van der Waals surface area contributed by atoms with Gasteiger partial charge in [0.05, 0.1) is 0 Å². The predicted molar refractivity (Wildman–Crippen MR) is 58.1 cm³/mol. The van der Waals surface area contributed by atoms with Crippen LogP contribution in [0.2, 0.25) is 0 Å². The third kappa shape index (κ3) is 20.9. The Kier molecular flexibility index (Phi) is 16.3. The second-order valence-electron chi connectivity index (χ2n) is 3.15. The van der Waals surface area contributed by atoms with E-state index in [9.17, 15) is 19.8 Å². The molecule has 0 aromatic carbocycles. The molecule has 17 heavy (non-hydrogen) atoms. The summed E-state index contributed by atoms with van der Waals surface area (Å²) < 4.78 is 0. The van der Waals surface area contributed by atoms with Gasteiger partial charge in [0.2, 0.25) is 0 Å². The van der Waals surface area contributed by atoms with Crippen molar-refractivity contribution < 1.29 is 36.9 Å². The number of ketones is 2. The van der Waals surface area contributed by atoms with Crippen molar-refractivity contribution in [2.24, 2.45) is 0 Å². The second-order valence-corrected chi connectivity index (χ2v) is 3.15. The van der Waals surface area contributed by atoms with Gasteiger partial charge in [-0.05, 0) is 38.8 Å². The van der Waals surface area contributed by atoms with Crippen LogP contribution in [0, 0.1) is 0 Å². The van der Waals surface area contributed by atoms with Crippen molar-refractivity contribution in [1.82, 2.24) is 0 Å². The summed E-state index contributed by atoms with van der Waals surface area (Å²) in [5, 5.41) is 20.7. The van der Waals surface area contributed by atoms with E-state index < -0.39 is 0 Å². The largest absolute Gasteiger partial charge is 2.00 e. The smallest absolute Gasteiger partial charge is 0.875 e. The normalized spacial score (nSPS) is 10.8. The molecule has 0 aliphatic rings. The van der Waals surface area contributed by atoms with Crippen molar-refractivity contribution in [2.75, 3.05) is 0 Å². The standard InChI is InChI=1S/2C6H10O2.Cu/c2*1-3-6(8)4-5(2)7;/h2*4,8H,3H2,1-2H3;/q;;+2/p-2/b2*6-4-;. The quantitative estimate of drug-likeness (QED) is 0.428. The Labute approximate surface area is 113 Å². The molecule has 0 saturated carbocycles. The number of hydrogen-bond donors (Lipinski definition) is 0. The van der Waals surface area contributed by atoms with Gasteiger partial charge in [-0.2, -0.15) is 0 Å². The Hall–Kier alpha value is -1.06. The topological polar surface area (TPSA) is 80.3 Å². The average molecular weight is 290 g/mol. The summed E-state index contributed by atoms with van der Waals surface area (Å²) in [7, 11) is 0. The summed E-state index contributed by atoms with van der Waals surface area (Å²) in [6.45, 7) is 6.19. The SMILES string of the molecule is CC/C([O-])=C/C(C)=O.CC/C([O-])=C/C(C)=O.[Cu+2]. The molecule has 0 amide bonds. The summed E-state index contributed by atoms with van der Waals surface area (Å²) in [6.07, 6.45) is 3.05. The second kappa shape index (κ2) is 13.0. The van der Waals surface area contributed by atoms with Crippen LogP contribution in [0.5, 0.6) is 0 Å². The van der Waals surface area contributed by atoms with Gasteiger partial charge >= 0.3 is 17.1 Å². The van der Waals surface area contributed by atoms with Gasteiger partial charge in [0.15, 0.2) is 11.6 Å². The van der Waals surface area contributed by atoms with Crippen LogP contribution in [0.4, 0.5) is 0 Å². The first-order chi connectivity index (χ1) is 7.33. The van der Waals surface area contributed by atoms with Gasteiger partial charge < -0.3 is 10.2 Å². The van der Waals surface area contributed by atoms with Crippen LogP contribution in [0.3, 0.4) is 0 Å². The molecule has 0 aliphatic carbocycles. The number of allylic oxidation sites excluding steroid dienone is 4. The summed E-state index contributed by atoms with van der Waals surface area (Å²) in [5.74, 6) is -0.538. The van der Waals surface area contributed by atoms with Crippen molar-refractivity contribution in [3.05, 3.63) is 23.7 Å². The van der Waals surface area contributed by atoms with Gasteiger partial charge in [0, 0.05) is 0 Å². The van der Waals surface area contributed by atoms with E-state index in [1.165, 1.54) is 13.8 Å². The first-order valence-electron chi connectivity index (χ1n) is 5.09. The molecule has 0 unspecified atom stereocenters. The monoisotopic (exact) mass is 289 g/mol. The minimum Gasteiger partial charge on any atom is -0.875 e. The molecule has 5 heteroatoms. The van der Waals surface area contributed by atoms with E-state index in [1.807, 2.05) is 0 Å². The molecule has 0 aromatic rings. The van der Waals surface area contributed by atoms with E-state index in [1.54, 1.807) is 13.8 Å². The molecule has 0 rings (SSSR count). The minimum atomic E-state index is -0.170. The van der Waals surface area contributed by atoms with Gasteiger partial charge in [-0.25, -0.2) is 0 Å². The number of carbonyl (C=O) groups excluding carboxylic acids is 2. The molecular formula is C12H18CuO4. The summed E-state index contributed by atoms with van der Waals surface area (Å²) in [4.78, 5) is 20.3. The van der Waals surface area contributed by atoms with Gasteiger partial charge in [-0.1, -0.05) is 13.8 Å². The summed E-state index contributed by atoms with van der Waals surface area (Å²) in [5.41, 5.74) is 0. The van der Waals surface area contributed by atoms with Gasteiger partial charge in [-0.15, -0.1) is 11.5 Å². The van der Waals surface area contributed by atoms with Crippen LogP contribution < -0.4 is 10.2 Å². The maximum absolute atomic E-state index is 10.3. The van der Waals surface area contributed by atoms with Crippen molar-refractivity contribution in [2.45, 2.75) is 40.5 Å². The molecule has 4 nitrogen and oxygen atoms in total. The van der Waals surface area contributed by atoms with Crippen LogP contribution in [-0.2, 0) is 26.7 Å². The fraction of sp³-hybridized carbons (Fsp3) is 0.500. The minimum absolute atomic E-state index is 0. The molecule has 0 saturated heterocycles. The fourth-order valence-corrected chi connectivity index (χ4v) is 0.658. The van der Waals surface area contributed by atoms with E-state index >= 15 is 0 Å². The molecule has 0 aliphatic heterocycles. The Morgan fingerprint density at radius 2 is 1.12 bits per heavy atom.